The van der Waals surface area contributed by atoms with E-state index < -0.39 is 0 Å². The van der Waals surface area contributed by atoms with Gasteiger partial charge in [-0.1, -0.05) is 64.5 Å². The molecule has 1 aromatic carbocycles. The maximum Gasteiger partial charge on any atom is 0.0323 e. The minimum absolute atomic E-state index is 0.492. The molecule has 2 rings (SSSR count). The van der Waals surface area contributed by atoms with Crippen molar-refractivity contribution >= 4 is 31.9 Å². The second-order valence-electron chi connectivity index (χ2n) is 5.20. The predicted octanol–water partition coefficient (Wildman–Crippen LogP) is 5.44. The molecule has 0 aromatic heterocycles. The molecule has 0 saturated heterocycles. The molecule has 1 N–H and O–H groups in total. The number of nitrogens with one attached hydrogen (secondary N) is 1. The van der Waals surface area contributed by atoms with Crippen LogP contribution in [0.4, 0.5) is 0 Å². The average molecular weight is 375 g/mol. The van der Waals surface area contributed by atoms with Crippen LogP contribution in [0.3, 0.4) is 0 Å². The molecule has 1 unspecified atom stereocenters. The third kappa shape index (κ3) is 4.07. The number of benzene rings is 1. The molecule has 0 heterocycles. The van der Waals surface area contributed by atoms with Gasteiger partial charge in [-0.05, 0) is 42.6 Å². The van der Waals surface area contributed by atoms with Crippen LogP contribution in [0.1, 0.15) is 50.6 Å². The molecule has 1 nitrogen and oxygen atoms in total. The Balaban J connectivity index is 2.11. The number of hydrogen-bond donors (Lipinski definition) is 1. The minimum Gasteiger partial charge on any atom is -0.310 e. The molecule has 3 heteroatoms. The standard InChI is InChI=1S/C15H21Br2N/c1-2-18-15(7-11-5-3-4-6-11)12-8-13(16)10-14(17)9-12/h8-11,15,18H,2-7H2,1H3. The van der Waals surface area contributed by atoms with Gasteiger partial charge in [0.25, 0.3) is 0 Å². The quantitative estimate of drug-likeness (QED) is 0.723. The van der Waals surface area contributed by atoms with Gasteiger partial charge in [-0.15, -0.1) is 0 Å². The Kier molecular flexibility index (Phi) is 5.71. The summed E-state index contributed by atoms with van der Waals surface area (Å²) in [6, 6.07) is 7.08. The van der Waals surface area contributed by atoms with E-state index in [1.54, 1.807) is 0 Å². The zero-order chi connectivity index (χ0) is 13.0. The largest absolute Gasteiger partial charge is 0.310 e. The summed E-state index contributed by atoms with van der Waals surface area (Å²) in [5.74, 6) is 0.909. The summed E-state index contributed by atoms with van der Waals surface area (Å²) in [6.07, 6.45) is 6.95. The molecule has 1 aliphatic rings. The first kappa shape index (κ1) is 14.5. The number of hydrogen-bond acceptors (Lipinski definition) is 1. The molecule has 1 atom stereocenters. The van der Waals surface area contributed by atoms with Gasteiger partial charge >= 0.3 is 0 Å². The smallest absolute Gasteiger partial charge is 0.0323 e. The Hall–Kier alpha value is 0.140. The molecule has 0 amide bonds. The highest BCUT2D eigenvalue weighted by Crippen LogP contribution is 2.34. The van der Waals surface area contributed by atoms with Crippen molar-refractivity contribution in [1.29, 1.82) is 0 Å². The van der Waals surface area contributed by atoms with E-state index in [1.807, 2.05) is 0 Å². The first-order valence-electron chi connectivity index (χ1n) is 6.88. The lowest BCUT2D eigenvalue weighted by Gasteiger charge is -2.22. The zero-order valence-electron chi connectivity index (χ0n) is 10.9. The van der Waals surface area contributed by atoms with Crippen molar-refractivity contribution in [1.82, 2.24) is 5.32 Å². The first-order chi connectivity index (χ1) is 8.69. The van der Waals surface area contributed by atoms with Crippen LogP contribution in [0, 0.1) is 5.92 Å². The van der Waals surface area contributed by atoms with Crippen LogP contribution in [0.5, 0.6) is 0 Å². The van der Waals surface area contributed by atoms with E-state index in [4.69, 9.17) is 0 Å². The Morgan fingerprint density at radius 3 is 2.33 bits per heavy atom. The fraction of sp³-hybridized carbons (Fsp3) is 0.600. The second kappa shape index (κ2) is 7.06. The van der Waals surface area contributed by atoms with Gasteiger partial charge < -0.3 is 5.32 Å². The summed E-state index contributed by atoms with van der Waals surface area (Å²) in [5, 5.41) is 3.64. The van der Waals surface area contributed by atoms with Gasteiger partial charge in [0.05, 0.1) is 0 Å². The third-order valence-electron chi connectivity index (χ3n) is 3.78. The summed E-state index contributed by atoms with van der Waals surface area (Å²) in [4.78, 5) is 0. The second-order valence-corrected chi connectivity index (χ2v) is 7.03. The maximum atomic E-state index is 3.64. The van der Waals surface area contributed by atoms with E-state index in [1.165, 1.54) is 37.7 Å². The van der Waals surface area contributed by atoms with Crippen molar-refractivity contribution < 1.29 is 0 Å². The van der Waals surface area contributed by atoms with Crippen LogP contribution >= 0.6 is 31.9 Å². The van der Waals surface area contributed by atoms with Crippen molar-refractivity contribution in [2.45, 2.75) is 45.1 Å². The molecule has 0 bridgehead atoms. The molecule has 0 spiro atoms. The molecule has 0 aliphatic heterocycles. The van der Waals surface area contributed by atoms with Gasteiger partial charge in [0.2, 0.25) is 0 Å². The van der Waals surface area contributed by atoms with Crippen LogP contribution in [0.25, 0.3) is 0 Å². The monoisotopic (exact) mass is 373 g/mol. The molecule has 1 aromatic rings. The van der Waals surface area contributed by atoms with Crippen LogP contribution in [0.2, 0.25) is 0 Å². The molecular weight excluding hydrogens is 354 g/mol. The van der Waals surface area contributed by atoms with Gasteiger partial charge in [-0.3, -0.25) is 0 Å². The van der Waals surface area contributed by atoms with Crippen LogP contribution < -0.4 is 5.32 Å². The van der Waals surface area contributed by atoms with Gasteiger partial charge in [0, 0.05) is 15.0 Å². The molecule has 18 heavy (non-hydrogen) atoms. The highest BCUT2D eigenvalue weighted by Gasteiger charge is 2.21. The van der Waals surface area contributed by atoms with Crippen molar-refractivity contribution in [2.75, 3.05) is 6.54 Å². The SMILES string of the molecule is CCNC(CC1CCCC1)c1cc(Br)cc(Br)c1. The molecule has 1 aliphatic carbocycles. The lowest BCUT2D eigenvalue weighted by atomic mass is 9.93. The molecule has 1 fully saturated rings. The van der Waals surface area contributed by atoms with Crippen molar-refractivity contribution in [3.8, 4) is 0 Å². The highest BCUT2D eigenvalue weighted by molar-refractivity contribution is 9.11. The average Bonchev–Trinajstić information content (AvgIpc) is 2.80. The van der Waals surface area contributed by atoms with E-state index >= 15 is 0 Å². The van der Waals surface area contributed by atoms with E-state index in [0.29, 0.717) is 6.04 Å². The summed E-state index contributed by atoms with van der Waals surface area (Å²) in [6.45, 7) is 3.22. The van der Waals surface area contributed by atoms with E-state index in [9.17, 15) is 0 Å². The highest BCUT2D eigenvalue weighted by atomic mass is 79.9. The molecule has 100 valence electrons. The lowest BCUT2D eigenvalue weighted by molar-refractivity contribution is 0.400. The lowest BCUT2D eigenvalue weighted by Crippen LogP contribution is -2.23. The van der Waals surface area contributed by atoms with Crippen molar-refractivity contribution in [2.24, 2.45) is 5.92 Å². The Bertz CT molecular complexity index is 366. The fourth-order valence-electron chi connectivity index (χ4n) is 2.94. The van der Waals surface area contributed by atoms with Crippen LogP contribution in [0.15, 0.2) is 27.1 Å². The summed E-state index contributed by atoms with van der Waals surface area (Å²) in [5.41, 5.74) is 1.39. The Morgan fingerprint density at radius 1 is 1.17 bits per heavy atom. The van der Waals surface area contributed by atoms with Crippen LogP contribution in [-0.4, -0.2) is 6.54 Å². The maximum absolute atomic E-state index is 3.64. The van der Waals surface area contributed by atoms with E-state index in [-0.39, 0.29) is 0 Å². The van der Waals surface area contributed by atoms with Crippen molar-refractivity contribution in [3.63, 3.8) is 0 Å². The van der Waals surface area contributed by atoms with Gasteiger partial charge in [-0.2, -0.15) is 0 Å². The number of rotatable bonds is 5. The summed E-state index contributed by atoms with van der Waals surface area (Å²) in [7, 11) is 0. The molecule has 0 radical (unpaired) electrons. The minimum atomic E-state index is 0.492. The van der Waals surface area contributed by atoms with Gasteiger partial charge in [0.1, 0.15) is 0 Å². The van der Waals surface area contributed by atoms with Crippen molar-refractivity contribution in [3.05, 3.63) is 32.7 Å². The first-order valence-corrected chi connectivity index (χ1v) is 8.47. The topological polar surface area (TPSA) is 12.0 Å². The molecule has 1 saturated carbocycles. The summed E-state index contributed by atoms with van der Waals surface area (Å²) < 4.78 is 2.31. The normalized spacial score (nSPS) is 18.2. The van der Waals surface area contributed by atoms with Crippen LogP contribution in [-0.2, 0) is 0 Å². The number of halogens is 2. The van der Waals surface area contributed by atoms with Gasteiger partial charge in [0.15, 0.2) is 0 Å². The Labute approximate surface area is 127 Å². The third-order valence-corrected chi connectivity index (χ3v) is 4.70. The van der Waals surface area contributed by atoms with E-state index in [2.05, 4.69) is 62.3 Å². The molecular formula is C15H21Br2N. The summed E-state index contributed by atoms with van der Waals surface area (Å²) >= 11 is 7.17. The predicted molar refractivity (Wildman–Crippen MR) is 84.8 cm³/mol. The fourth-order valence-corrected chi connectivity index (χ4v) is 4.27. The Morgan fingerprint density at radius 2 is 1.78 bits per heavy atom. The zero-order valence-corrected chi connectivity index (χ0v) is 14.1. The van der Waals surface area contributed by atoms with Gasteiger partial charge in [-0.25, -0.2) is 0 Å². The van der Waals surface area contributed by atoms with E-state index in [0.717, 1.165) is 21.4 Å².